The summed E-state index contributed by atoms with van der Waals surface area (Å²) in [4.78, 5) is 3.90. The highest BCUT2D eigenvalue weighted by atomic mass is 19.4. The zero-order valence-electron chi connectivity index (χ0n) is 11.2. The second kappa shape index (κ2) is 6.23. The molecule has 0 spiro atoms. The summed E-state index contributed by atoms with van der Waals surface area (Å²) in [7, 11) is 0. The summed E-state index contributed by atoms with van der Waals surface area (Å²) in [6, 6.07) is 1.99. The first-order valence-corrected chi connectivity index (χ1v) is 6.22. The van der Waals surface area contributed by atoms with Gasteiger partial charge in [-0.25, -0.2) is 4.98 Å². The molecule has 108 valence electrons. The summed E-state index contributed by atoms with van der Waals surface area (Å²) in [6.07, 6.45) is -1.37. The van der Waals surface area contributed by atoms with Gasteiger partial charge in [-0.15, -0.1) is 0 Å². The third-order valence-corrected chi connectivity index (χ3v) is 2.89. The minimum Gasteiger partial charge on any atom is -0.370 e. The van der Waals surface area contributed by atoms with E-state index in [4.69, 9.17) is 5.73 Å². The Balaban J connectivity index is 2.63. The highest BCUT2D eigenvalue weighted by Crippen LogP contribution is 2.30. The van der Waals surface area contributed by atoms with Crippen molar-refractivity contribution in [2.75, 3.05) is 18.4 Å². The van der Waals surface area contributed by atoms with Crippen molar-refractivity contribution in [3.63, 3.8) is 0 Å². The molecule has 0 bridgehead atoms. The molecule has 1 heterocycles. The number of anilines is 1. The lowest BCUT2D eigenvalue weighted by Crippen LogP contribution is -2.24. The van der Waals surface area contributed by atoms with Crippen LogP contribution in [-0.4, -0.2) is 18.1 Å². The van der Waals surface area contributed by atoms with Gasteiger partial charge in [0.1, 0.15) is 5.82 Å². The van der Waals surface area contributed by atoms with Gasteiger partial charge in [0.05, 0.1) is 5.56 Å². The van der Waals surface area contributed by atoms with E-state index in [0.717, 1.165) is 31.2 Å². The Hall–Kier alpha value is -1.30. The lowest BCUT2D eigenvalue weighted by molar-refractivity contribution is -0.137. The molecule has 1 aromatic rings. The summed E-state index contributed by atoms with van der Waals surface area (Å²) in [5.74, 6) is 0.246. The van der Waals surface area contributed by atoms with Crippen LogP contribution in [0.5, 0.6) is 0 Å². The van der Waals surface area contributed by atoms with E-state index < -0.39 is 11.7 Å². The van der Waals surface area contributed by atoms with Crippen LogP contribution in [0.1, 0.15) is 32.3 Å². The molecule has 0 saturated heterocycles. The Morgan fingerprint density at radius 2 is 2.00 bits per heavy atom. The number of alkyl halides is 3. The summed E-state index contributed by atoms with van der Waals surface area (Å²) >= 11 is 0. The maximum absolute atomic E-state index is 12.5. The van der Waals surface area contributed by atoms with Crippen LogP contribution >= 0.6 is 0 Å². The standard InChI is InChI=1S/C13H20F3N3/c1-12(2,5-3-6-17)9-19-11-8-10(4-7-18-11)13(14,15)16/h4,7-8H,3,5-6,9,17H2,1-2H3,(H,18,19). The van der Waals surface area contributed by atoms with Crippen molar-refractivity contribution in [3.05, 3.63) is 23.9 Å². The van der Waals surface area contributed by atoms with Gasteiger partial charge in [-0.2, -0.15) is 13.2 Å². The van der Waals surface area contributed by atoms with Gasteiger partial charge in [-0.1, -0.05) is 13.8 Å². The lowest BCUT2D eigenvalue weighted by atomic mass is 9.88. The molecule has 0 aromatic carbocycles. The molecule has 0 fully saturated rings. The topological polar surface area (TPSA) is 50.9 Å². The van der Waals surface area contributed by atoms with Gasteiger partial charge in [-0.05, 0) is 36.9 Å². The maximum Gasteiger partial charge on any atom is 0.416 e. The van der Waals surface area contributed by atoms with Crippen LogP contribution in [0.3, 0.4) is 0 Å². The fourth-order valence-electron chi connectivity index (χ4n) is 1.70. The average Bonchev–Trinajstić information content (AvgIpc) is 2.34. The number of nitrogens with zero attached hydrogens (tertiary/aromatic N) is 1. The first-order valence-electron chi connectivity index (χ1n) is 6.22. The van der Waals surface area contributed by atoms with Crippen molar-refractivity contribution in [1.29, 1.82) is 0 Å². The van der Waals surface area contributed by atoms with E-state index in [0.29, 0.717) is 13.1 Å². The Kier molecular flexibility index (Phi) is 5.17. The molecule has 0 atom stereocenters. The number of nitrogens with one attached hydrogen (secondary N) is 1. The van der Waals surface area contributed by atoms with Crippen LogP contribution in [0.25, 0.3) is 0 Å². The fourth-order valence-corrected chi connectivity index (χ4v) is 1.70. The van der Waals surface area contributed by atoms with Crippen molar-refractivity contribution in [2.24, 2.45) is 11.1 Å². The predicted molar refractivity (Wildman–Crippen MR) is 69.8 cm³/mol. The fraction of sp³-hybridized carbons (Fsp3) is 0.615. The monoisotopic (exact) mass is 275 g/mol. The van der Waals surface area contributed by atoms with E-state index in [9.17, 15) is 13.2 Å². The quantitative estimate of drug-likeness (QED) is 0.837. The number of hydrogen-bond donors (Lipinski definition) is 2. The lowest BCUT2D eigenvalue weighted by Gasteiger charge is -2.25. The van der Waals surface area contributed by atoms with Crippen LogP contribution in [0, 0.1) is 5.41 Å². The van der Waals surface area contributed by atoms with Gasteiger partial charge in [0.25, 0.3) is 0 Å². The number of nitrogens with two attached hydrogens (primary N) is 1. The third kappa shape index (κ3) is 5.46. The Bertz CT molecular complexity index is 402. The van der Waals surface area contributed by atoms with Crippen molar-refractivity contribution < 1.29 is 13.2 Å². The Morgan fingerprint density at radius 1 is 1.32 bits per heavy atom. The Morgan fingerprint density at radius 3 is 2.58 bits per heavy atom. The second-order valence-electron chi connectivity index (χ2n) is 5.34. The molecule has 19 heavy (non-hydrogen) atoms. The number of pyridine rings is 1. The van der Waals surface area contributed by atoms with Crippen LogP contribution in [-0.2, 0) is 6.18 Å². The van der Waals surface area contributed by atoms with Crippen LogP contribution in [0.2, 0.25) is 0 Å². The predicted octanol–water partition coefficient (Wildman–Crippen LogP) is 3.28. The molecular weight excluding hydrogens is 255 g/mol. The van der Waals surface area contributed by atoms with Crippen molar-refractivity contribution in [1.82, 2.24) is 4.98 Å². The highest BCUT2D eigenvalue weighted by molar-refractivity contribution is 5.38. The second-order valence-corrected chi connectivity index (χ2v) is 5.34. The van der Waals surface area contributed by atoms with Crippen molar-refractivity contribution in [3.8, 4) is 0 Å². The molecule has 0 radical (unpaired) electrons. The van der Waals surface area contributed by atoms with E-state index >= 15 is 0 Å². The SMILES string of the molecule is CC(C)(CCCN)CNc1cc(C(F)(F)F)ccn1. The van der Waals surface area contributed by atoms with Gasteiger partial charge >= 0.3 is 6.18 Å². The first-order chi connectivity index (χ1) is 8.74. The summed E-state index contributed by atoms with van der Waals surface area (Å²) in [5.41, 5.74) is 4.73. The zero-order valence-corrected chi connectivity index (χ0v) is 11.2. The Labute approximate surface area is 111 Å². The van der Waals surface area contributed by atoms with Crippen LogP contribution in [0.15, 0.2) is 18.3 Å². The van der Waals surface area contributed by atoms with Crippen LogP contribution < -0.4 is 11.1 Å². The van der Waals surface area contributed by atoms with Gasteiger partial charge in [0.2, 0.25) is 0 Å². The molecular formula is C13H20F3N3. The molecule has 0 aliphatic heterocycles. The van der Waals surface area contributed by atoms with Gasteiger partial charge in [-0.3, -0.25) is 0 Å². The molecule has 0 aliphatic rings. The molecule has 1 rings (SSSR count). The molecule has 0 amide bonds. The molecule has 1 aromatic heterocycles. The van der Waals surface area contributed by atoms with E-state index in [2.05, 4.69) is 10.3 Å². The van der Waals surface area contributed by atoms with E-state index in [-0.39, 0.29) is 11.2 Å². The molecule has 3 nitrogen and oxygen atoms in total. The van der Waals surface area contributed by atoms with Gasteiger partial charge in [0.15, 0.2) is 0 Å². The number of rotatable bonds is 6. The minimum absolute atomic E-state index is 0.0325. The number of aromatic nitrogens is 1. The normalized spacial score (nSPS) is 12.5. The third-order valence-electron chi connectivity index (χ3n) is 2.89. The molecule has 0 unspecified atom stereocenters. The molecule has 0 aliphatic carbocycles. The van der Waals surface area contributed by atoms with Gasteiger partial charge in [0, 0.05) is 12.7 Å². The van der Waals surface area contributed by atoms with Gasteiger partial charge < -0.3 is 11.1 Å². The van der Waals surface area contributed by atoms with Crippen LogP contribution in [0.4, 0.5) is 19.0 Å². The largest absolute Gasteiger partial charge is 0.416 e. The first kappa shape index (κ1) is 15.8. The minimum atomic E-state index is -4.34. The van der Waals surface area contributed by atoms with Crippen molar-refractivity contribution >= 4 is 5.82 Å². The smallest absolute Gasteiger partial charge is 0.370 e. The molecule has 3 N–H and O–H groups in total. The number of hydrogen-bond acceptors (Lipinski definition) is 3. The van der Waals surface area contributed by atoms with Crippen molar-refractivity contribution in [2.45, 2.75) is 32.9 Å². The van der Waals surface area contributed by atoms with E-state index in [1.165, 1.54) is 0 Å². The average molecular weight is 275 g/mol. The van der Waals surface area contributed by atoms with E-state index in [1.807, 2.05) is 13.8 Å². The van der Waals surface area contributed by atoms with E-state index in [1.54, 1.807) is 0 Å². The number of halogens is 3. The molecule has 6 heteroatoms. The summed E-state index contributed by atoms with van der Waals surface area (Å²) in [6.45, 7) is 5.26. The summed E-state index contributed by atoms with van der Waals surface area (Å²) in [5, 5.41) is 2.95. The summed E-state index contributed by atoms with van der Waals surface area (Å²) < 4.78 is 37.6. The highest BCUT2D eigenvalue weighted by Gasteiger charge is 2.30. The molecule has 0 saturated carbocycles. The zero-order chi connectivity index (χ0) is 14.5. The maximum atomic E-state index is 12.5.